The number of amides is 3. The van der Waals surface area contributed by atoms with Crippen molar-refractivity contribution < 1.29 is 24.3 Å². The number of aliphatic imine (C=N–C) groups is 2. The molecule has 0 fully saturated rings. The quantitative estimate of drug-likeness (QED) is 0.0505. The number of carboxylic acids is 1. The molecule has 4 atom stereocenters. The van der Waals surface area contributed by atoms with Crippen LogP contribution in [0.25, 0.3) is 0 Å². The maximum absolute atomic E-state index is 13.2. The third-order valence-electron chi connectivity index (χ3n) is 5.45. The number of carbonyl (C=O) groups is 4. The molecule has 0 aromatic carbocycles. The van der Waals surface area contributed by atoms with Crippen molar-refractivity contribution >= 4 is 35.6 Å². The molecular weight excluding hydrogens is 496 g/mol. The van der Waals surface area contributed by atoms with Crippen LogP contribution in [0.15, 0.2) is 9.98 Å². The molecule has 0 aromatic rings. The molecule has 3 amide bonds. The standard InChI is InChI=1S/C23H46N10O5/c1-12(2)11-16(20(36)33-17(13(3)4)21(37)38)32-19(35)15(8-6-10-30-23(27)28)31-18(34)14(24)7-5-9-29-22(25)26/h12-17H,5-11,24H2,1-4H3,(H,31,34)(H,32,35)(H,33,36)(H,37,38)(H4,25,26,29)(H4,27,28,30). The van der Waals surface area contributed by atoms with Gasteiger partial charge in [0, 0.05) is 13.1 Å². The summed E-state index contributed by atoms with van der Waals surface area (Å²) in [7, 11) is 0. The van der Waals surface area contributed by atoms with Gasteiger partial charge < -0.3 is 49.7 Å². The number of rotatable bonds is 18. The van der Waals surface area contributed by atoms with Crippen LogP contribution in [0, 0.1) is 11.8 Å². The molecule has 38 heavy (non-hydrogen) atoms. The number of nitrogens with one attached hydrogen (secondary N) is 3. The Morgan fingerprint density at radius 1 is 0.737 bits per heavy atom. The Bertz CT molecular complexity index is 838. The molecule has 0 saturated carbocycles. The number of carboxylic acid groups (broad SMARTS) is 1. The van der Waals surface area contributed by atoms with Crippen molar-refractivity contribution in [1.82, 2.24) is 16.0 Å². The van der Waals surface area contributed by atoms with Crippen LogP contribution in [-0.2, 0) is 19.2 Å². The van der Waals surface area contributed by atoms with Crippen LogP contribution < -0.4 is 44.6 Å². The topological polar surface area (TPSA) is 279 Å². The predicted molar refractivity (Wildman–Crippen MR) is 146 cm³/mol. The van der Waals surface area contributed by atoms with E-state index in [0.717, 1.165) is 0 Å². The lowest BCUT2D eigenvalue weighted by molar-refractivity contribution is -0.143. The van der Waals surface area contributed by atoms with Crippen molar-refractivity contribution in [2.24, 2.45) is 50.5 Å². The summed E-state index contributed by atoms with van der Waals surface area (Å²) in [6.07, 6.45) is 1.49. The molecule has 0 rings (SSSR count). The number of hydrogen-bond acceptors (Lipinski definition) is 7. The van der Waals surface area contributed by atoms with E-state index in [0.29, 0.717) is 19.4 Å². The van der Waals surface area contributed by atoms with Gasteiger partial charge in [-0.25, -0.2) is 4.79 Å². The number of hydrogen-bond donors (Lipinski definition) is 9. The molecule has 0 bridgehead atoms. The Morgan fingerprint density at radius 3 is 1.66 bits per heavy atom. The molecule has 0 heterocycles. The van der Waals surface area contributed by atoms with Gasteiger partial charge in [0.2, 0.25) is 17.7 Å². The first-order chi connectivity index (χ1) is 17.6. The maximum atomic E-state index is 13.2. The maximum Gasteiger partial charge on any atom is 0.326 e. The van der Waals surface area contributed by atoms with Crippen LogP contribution in [0.5, 0.6) is 0 Å². The smallest absolute Gasteiger partial charge is 0.326 e. The molecule has 0 aromatic heterocycles. The SMILES string of the molecule is CC(C)CC(NC(=O)C(CCCN=C(N)N)NC(=O)C(N)CCCN=C(N)N)C(=O)NC(C(=O)O)C(C)C. The predicted octanol–water partition coefficient (Wildman–Crippen LogP) is -2.34. The van der Waals surface area contributed by atoms with Gasteiger partial charge in [-0.15, -0.1) is 0 Å². The largest absolute Gasteiger partial charge is 0.480 e. The van der Waals surface area contributed by atoms with Gasteiger partial charge in [-0.2, -0.15) is 0 Å². The lowest BCUT2D eigenvalue weighted by Gasteiger charge is -2.27. The van der Waals surface area contributed by atoms with E-state index in [-0.39, 0.29) is 49.6 Å². The van der Waals surface area contributed by atoms with E-state index in [4.69, 9.17) is 28.7 Å². The number of nitrogens with zero attached hydrogens (tertiary/aromatic N) is 2. The summed E-state index contributed by atoms with van der Waals surface area (Å²) in [5.74, 6) is -3.53. The lowest BCUT2D eigenvalue weighted by Crippen LogP contribution is -2.57. The minimum atomic E-state index is -1.18. The minimum Gasteiger partial charge on any atom is -0.480 e. The van der Waals surface area contributed by atoms with Gasteiger partial charge in [0.1, 0.15) is 18.1 Å². The van der Waals surface area contributed by atoms with E-state index >= 15 is 0 Å². The monoisotopic (exact) mass is 542 g/mol. The Morgan fingerprint density at radius 2 is 1.21 bits per heavy atom. The van der Waals surface area contributed by atoms with Crippen molar-refractivity contribution in [2.45, 2.75) is 84.0 Å². The fraction of sp³-hybridized carbons (Fsp3) is 0.739. The van der Waals surface area contributed by atoms with Gasteiger partial charge in [-0.1, -0.05) is 27.7 Å². The molecule has 14 N–H and O–H groups in total. The molecule has 4 unspecified atom stereocenters. The van der Waals surface area contributed by atoms with Crippen LogP contribution in [0.4, 0.5) is 0 Å². The van der Waals surface area contributed by atoms with E-state index in [2.05, 4.69) is 25.9 Å². The van der Waals surface area contributed by atoms with Crippen molar-refractivity contribution in [3.8, 4) is 0 Å². The molecule has 0 aliphatic rings. The highest BCUT2D eigenvalue weighted by atomic mass is 16.4. The summed E-state index contributed by atoms with van der Waals surface area (Å²) in [6.45, 7) is 7.57. The van der Waals surface area contributed by atoms with E-state index in [1.807, 2.05) is 13.8 Å². The molecule has 0 spiro atoms. The second kappa shape index (κ2) is 17.8. The Balaban J connectivity index is 5.56. The van der Waals surface area contributed by atoms with Crippen LogP contribution in [0.1, 0.15) is 59.8 Å². The average molecular weight is 543 g/mol. The Labute approximate surface area is 223 Å². The fourth-order valence-electron chi connectivity index (χ4n) is 3.44. The zero-order valence-corrected chi connectivity index (χ0v) is 22.8. The zero-order chi connectivity index (χ0) is 29.4. The highest BCUT2D eigenvalue weighted by molar-refractivity contribution is 5.94. The molecule has 0 saturated heterocycles. The van der Waals surface area contributed by atoms with Crippen molar-refractivity contribution in [1.29, 1.82) is 0 Å². The third-order valence-corrected chi connectivity index (χ3v) is 5.45. The van der Waals surface area contributed by atoms with Gasteiger partial charge in [-0.05, 0) is 43.9 Å². The third kappa shape index (κ3) is 14.8. The van der Waals surface area contributed by atoms with Gasteiger partial charge in [0.05, 0.1) is 6.04 Å². The zero-order valence-electron chi connectivity index (χ0n) is 22.8. The molecule has 15 heteroatoms. The summed E-state index contributed by atoms with van der Waals surface area (Å²) in [5, 5.41) is 17.2. The van der Waals surface area contributed by atoms with Crippen LogP contribution in [-0.4, -0.2) is 78.0 Å². The van der Waals surface area contributed by atoms with E-state index in [1.54, 1.807) is 13.8 Å². The summed E-state index contributed by atoms with van der Waals surface area (Å²) in [4.78, 5) is 58.1. The minimum absolute atomic E-state index is 0.00178. The lowest BCUT2D eigenvalue weighted by atomic mass is 9.99. The van der Waals surface area contributed by atoms with E-state index in [1.165, 1.54) is 0 Å². The van der Waals surface area contributed by atoms with Gasteiger partial charge in [-0.3, -0.25) is 24.4 Å². The van der Waals surface area contributed by atoms with Gasteiger partial charge in [0.25, 0.3) is 0 Å². The summed E-state index contributed by atoms with van der Waals surface area (Å²) in [5.41, 5.74) is 27.2. The molecule has 0 radical (unpaired) electrons. The highest BCUT2D eigenvalue weighted by Gasteiger charge is 2.31. The molecule has 0 aliphatic carbocycles. The Hall–Kier alpha value is -3.62. The second-order valence-corrected chi connectivity index (χ2v) is 9.82. The molecular formula is C23H46N10O5. The summed E-state index contributed by atoms with van der Waals surface area (Å²) >= 11 is 0. The summed E-state index contributed by atoms with van der Waals surface area (Å²) < 4.78 is 0. The number of guanidine groups is 2. The highest BCUT2D eigenvalue weighted by Crippen LogP contribution is 2.10. The molecule has 15 nitrogen and oxygen atoms in total. The van der Waals surface area contributed by atoms with Crippen LogP contribution in [0.2, 0.25) is 0 Å². The number of carbonyl (C=O) groups excluding carboxylic acids is 3. The van der Waals surface area contributed by atoms with E-state index < -0.39 is 47.9 Å². The Kier molecular flexibility index (Phi) is 16.1. The molecule has 0 aliphatic heterocycles. The van der Waals surface area contributed by atoms with Crippen LogP contribution >= 0.6 is 0 Å². The first-order valence-electron chi connectivity index (χ1n) is 12.7. The van der Waals surface area contributed by atoms with Crippen molar-refractivity contribution in [3.63, 3.8) is 0 Å². The van der Waals surface area contributed by atoms with Gasteiger partial charge in [0.15, 0.2) is 11.9 Å². The average Bonchev–Trinajstić information content (AvgIpc) is 2.80. The van der Waals surface area contributed by atoms with Crippen LogP contribution in [0.3, 0.4) is 0 Å². The summed E-state index contributed by atoms with van der Waals surface area (Å²) in [6, 6.07) is -4.10. The first-order valence-corrected chi connectivity index (χ1v) is 12.7. The first kappa shape index (κ1) is 34.4. The molecule has 218 valence electrons. The number of nitrogens with two attached hydrogens (primary N) is 5. The number of aliphatic carboxylic acids is 1. The van der Waals surface area contributed by atoms with Crippen molar-refractivity contribution in [2.75, 3.05) is 13.1 Å². The normalized spacial score (nSPS) is 14.1. The van der Waals surface area contributed by atoms with E-state index in [9.17, 15) is 24.3 Å². The van der Waals surface area contributed by atoms with Crippen molar-refractivity contribution in [3.05, 3.63) is 0 Å². The second-order valence-electron chi connectivity index (χ2n) is 9.82. The van der Waals surface area contributed by atoms with Gasteiger partial charge >= 0.3 is 5.97 Å². The fourth-order valence-corrected chi connectivity index (χ4v) is 3.44.